The number of aromatic nitrogens is 4. The number of aromatic amines is 1. The van der Waals surface area contributed by atoms with E-state index in [0.717, 1.165) is 17.0 Å². The molecule has 0 atom stereocenters. The van der Waals surface area contributed by atoms with Crippen molar-refractivity contribution in [2.75, 3.05) is 16.4 Å². The van der Waals surface area contributed by atoms with Crippen LogP contribution in [0, 0.1) is 17.1 Å². The van der Waals surface area contributed by atoms with E-state index in [-0.39, 0.29) is 62.5 Å². The van der Waals surface area contributed by atoms with Gasteiger partial charge in [-0.1, -0.05) is 24.6 Å². The number of hydrogen-bond acceptors (Lipinski definition) is 11. The smallest absolute Gasteiger partial charge is 0.412 e. The molecule has 0 spiro atoms. The van der Waals surface area contributed by atoms with E-state index in [1.807, 2.05) is 0 Å². The minimum absolute atomic E-state index is 0.0167. The average molecular weight is 684 g/mol. The second kappa shape index (κ2) is 11.8. The molecule has 46 heavy (non-hydrogen) atoms. The molecule has 238 valence electrons. The Balaban J connectivity index is 1.62. The number of hydrogen-bond donors (Lipinski definition) is 3. The van der Waals surface area contributed by atoms with Crippen LogP contribution in [0.25, 0.3) is 32.1 Å². The van der Waals surface area contributed by atoms with Crippen LogP contribution in [0.5, 0.6) is 0 Å². The number of carbonyl (C=O) groups is 1. The summed E-state index contributed by atoms with van der Waals surface area (Å²) in [7, 11) is -3.88. The van der Waals surface area contributed by atoms with Crippen LogP contribution in [0.1, 0.15) is 50.1 Å². The number of anilines is 2. The molecule has 0 saturated carbocycles. The molecule has 0 aliphatic carbocycles. The lowest BCUT2D eigenvalue weighted by Crippen LogP contribution is -2.27. The van der Waals surface area contributed by atoms with E-state index in [1.165, 1.54) is 19.1 Å². The molecule has 2 aromatic carbocycles. The Morgan fingerprint density at radius 3 is 2.65 bits per heavy atom. The number of benzene rings is 2. The number of carbonyl (C=O) groups excluding carboxylic acids is 1. The zero-order chi connectivity index (χ0) is 33.0. The van der Waals surface area contributed by atoms with E-state index < -0.39 is 32.5 Å². The lowest BCUT2D eigenvalue weighted by molar-refractivity contribution is 0.0636. The van der Waals surface area contributed by atoms with Crippen LogP contribution < -0.4 is 10.6 Å². The topological polar surface area (TPSA) is 172 Å². The van der Waals surface area contributed by atoms with Gasteiger partial charge < -0.3 is 14.8 Å². The van der Waals surface area contributed by atoms with Crippen molar-refractivity contribution in [1.29, 1.82) is 5.26 Å². The van der Waals surface area contributed by atoms with Crippen molar-refractivity contribution in [3.8, 4) is 17.2 Å². The molecule has 3 N–H and O–H groups in total. The SMILES string of the molecule is CCS(=O)(=O)c1nc(NCc2ccn[nH]2)c2c3c(c(-c4ccc(F)c5sc(NC(=O)OC(C)(C)C)c(C#N)c45)c(Cl)c2n1)COC3. The van der Waals surface area contributed by atoms with Gasteiger partial charge in [-0.05, 0) is 49.6 Å². The van der Waals surface area contributed by atoms with Gasteiger partial charge in [0, 0.05) is 17.1 Å². The van der Waals surface area contributed by atoms with Gasteiger partial charge in [0.05, 0.1) is 57.4 Å². The Bertz CT molecular complexity index is 2190. The Kier molecular flexibility index (Phi) is 8.09. The zero-order valence-corrected chi connectivity index (χ0v) is 27.4. The normalized spacial score (nSPS) is 13.2. The molecule has 16 heteroatoms. The van der Waals surface area contributed by atoms with E-state index in [4.69, 9.17) is 21.1 Å². The molecule has 1 amide bonds. The quantitative estimate of drug-likeness (QED) is 0.157. The van der Waals surface area contributed by atoms with Crippen molar-refractivity contribution in [2.24, 2.45) is 0 Å². The summed E-state index contributed by atoms with van der Waals surface area (Å²) in [5.74, 6) is -0.613. The molecular weight excluding hydrogens is 657 g/mol. The van der Waals surface area contributed by atoms with Crippen molar-refractivity contribution < 1.29 is 27.1 Å². The maximum atomic E-state index is 15.3. The third-order valence-corrected chi connectivity index (χ3v) is 10.2. The minimum Gasteiger partial charge on any atom is -0.444 e. The van der Waals surface area contributed by atoms with E-state index in [2.05, 4.69) is 36.9 Å². The Hall–Kier alpha value is -4.36. The lowest BCUT2D eigenvalue weighted by Gasteiger charge is -2.19. The standard InChI is InChI=1S/C30H27ClFN7O5S2/c1-5-46(41,42)28-36-24-22(26(37-28)34-11-14-8-9-35-39-14)18-13-43-12-17(18)20(23(24)31)15-6-7-19(32)25-21(15)16(10-33)27(45-25)38-29(40)44-30(2,3)4/h6-9H,5,11-13H2,1-4H3,(H,35,39)(H,38,40)(H,34,36,37). The molecule has 0 bridgehead atoms. The first-order valence-corrected chi connectivity index (χ1v) is 16.9. The fourth-order valence-corrected chi connectivity index (χ4v) is 7.36. The van der Waals surface area contributed by atoms with Gasteiger partial charge in [-0.15, -0.1) is 11.3 Å². The first-order valence-electron chi connectivity index (χ1n) is 14.1. The first kappa shape index (κ1) is 31.6. The van der Waals surface area contributed by atoms with E-state index in [1.54, 1.807) is 33.0 Å². The molecule has 12 nitrogen and oxygen atoms in total. The predicted octanol–water partition coefficient (Wildman–Crippen LogP) is 6.68. The highest BCUT2D eigenvalue weighted by Gasteiger charge is 2.31. The highest BCUT2D eigenvalue weighted by molar-refractivity contribution is 7.91. The molecule has 4 heterocycles. The Morgan fingerprint density at radius 2 is 1.98 bits per heavy atom. The van der Waals surface area contributed by atoms with Crippen molar-refractivity contribution in [2.45, 2.75) is 58.2 Å². The van der Waals surface area contributed by atoms with Gasteiger partial charge in [0.2, 0.25) is 15.0 Å². The van der Waals surface area contributed by atoms with Crippen LogP contribution in [0.15, 0.2) is 29.6 Å². The molecule has 0 saturated heterocycles. The van der Waals surface area contributed by atoms with Gasteiger partial charge in [0.15, 0.2) is 0 Å². The largest absolute Gasteiger partial charge is 0.444 e. The summed E-state index contributed by atoms with van der Waals surface area (Å²) in [6.07, 6.45) is 0.793. The van der Waals surface area contributed by atoms with Crippen LogP contribution in [0.3, 0.4) is 0 Å². The third kappa shape index (κ3) is 5.62. The Labute approximate surface area is 271 Å². The molecule has 1 aliphatic rings. The fourth-order valence-electron chi connectivity index (χ4n) is 5.22. The molecule has 3 aromatic heterocycles. The maximum absolute atomic E-state index is 15.3. The minimum atomic E-state index is -3.88. The fraction of sp³-hybridized carbons (Fsp3) is 0.300. The second-order valence-corrected chi connectivity index (χ2v) is 15.0. The van der Waals surface area contributed by atoms with Crippen molar-refractivity contribution in [3.05, 3.63) is 57.6 Å². The number of rotatable bonds is 7. The predicted molar refractivity (Wildman–Crippen MR) is 172 cm³/mol. The summed E-state index contributed by atoms with van der Waals surface area (Å²) in [6, 6.07) is 6.61. The van der Waals surface area contributed by atoms with Gasteiger partial charge in [-0.3, -0.25) is 10.4 Å². The third-order valence-electron chi connectivity index (χ3n) is 7.23. The summed E-state index contributed by atoms with van der Waals surface area (Å²) < 4.78 is 52.8. The number of fused-ring (bicyclic) bond motifs is 4. The zero-order valence-electron chi connectivity index (χ0n) is 25.0. The molecule has 0 unspecified atom stereocenters. The summed E-state index contributed by atoms with van der Waals surface area (Å²) in [6.45, 7) is 7.10. The molecule has 6 rings (SSSR count). The number of nitrogens with zero attached hydrogens (tertiary/aromatic N) is 4. The summed E-state index contributed by atoms with van der Waals surface area (Å²) in [4.78, 5) is 21.5. The molecule has 0 fully saturated rings. The van der Waals surface area contributed by atoms with Crippen molar-refractivity contribution in [3.63, 3.8) is 0 Å². The number of amides is 1. The van der Waals surface area contributed by atoms with Crippen molar-refractivity contribution >= 4 is 70.7 Å². The van der Waals surface area contributed by atoms with Crippen molar-refractivity contribution in [1.82, 2.24) is 20.2 Å². The number of halogens is 2. The highest BCUT2D eigenvalue weighted by atomic mass is 35.5. The number of H-pyrrole nitrogens is 1. The van der Waals surface area contributed by atoms with Gasteiger partial charge in [-0.25, -0.2) is 27.6 Å². The molecular formula is C30H27ClFN7O5S2. The summed E-state index contributed by atoms with van der Waals surface area (Å²) >= 11 is 8.04. The van der Waals surface area contributed by atoms with Gasteiger partial charge >= 0.3 is 6.09 Å². The number of nitriles is 1. The lowest BCUT2D eigenvalue weighted by atomic mass is 9.91. The number of sulfone groups is 1. The highest BCUT2D eigenvalue weighted by Crippen LogP contribution is 2.49. The Morgan fingerprint density at radius 1 is 1.22 bits per heavy atom. The summed E-state index contributed by atoms with van der Waals surface area (Å²) in [5.41, 5.74) is 2.20. The van der Waals surface area contributed by atoms with E-state index >= 15 is 4.39 Å². The number of ether oxygens (including phenoxy) is 2. The summed E-state index contributed by atoms with van der Waals surface area (Å²) in [5, 5.41) is 23.3. The van der Waals surface area contributed by atoms with E-state index in [9.17, 15) is 18.5 Å². The second-order valence-electron chi connectivity index (χ2n) is 11.4. The molecule has 1 aliphatic heterocycles. The van der Waals surface area contributed by atoms with E-state index in [0.29, 0.717) is 27.6 Å². The van der Waals surface area contributed by atoms with Gasteiger partial charge in [0.25, 0.3) is 0 Å². The average Bonchev–Trinajstić information content (AvgIpc) is 3.76. The van der Waals surface area contributed by atoms with Crippen LogP contribution in [-0.2, 0) is 39.1 Å². The number of thiophene rings is 1. The van der Waals surface area contributed by atoms with Gasteiger partial charge in [0.1, 0.15) is 28.3 Å². The van der Waals surface area contributed by atoms with Crippen LogP contribution in [0.2, 0.25) is 5.02 Å². The van der Waals surface area contributed by atoms with Crippen LogP contribution >= 0.6 is 22.9 Å². The van der Waals surface area contributed by atoms with Crippen LogP contribution in [-0.4, -0.2) is 46.0 Å². The molecule has 0 radical (unpaired) electrons. The first-order chi connectivity index (χ1) is 21.8. The van der Waals surface area contributed by atoms with Crippen LogP contribution in [0.4, 0.5) is 20.0 Å². The number of nitrogens with one attached hydrogen (secondary N) is 3. The molecule has 5 aromatic rings. The monoisotopic (exact) mass is 683 g/mol. The maximum Gasteiger partial charge on any atom is 0.412 e. The van der Waals surface area contributed by atoms with Gasteiger partial charge in [-0.2, -0.15) is 10.4 Å².